The van der Waals surface area contributed by atoms with Gasteiger partial charge in [0.2, 0.25) is 0 Å². The number of rotatable bonds is 7. The van der Waals surface area contributed by atoms with Gasteiger partial charge in [0.05, 0.1) is 26.1 Å². The zero-order chi connectivity index (χ0) is 16.8. The second-order valence-corrected chi connectivity index (χ2v) is 5.50. The van der Waals surface area contributed by atoms with E-state index >= 15 is 0 Å². The summed E-state index contributed by atoms with van der Waals surface area (Å²) in [7, 11) is 3.30. The molecular formula is C19H21N3O2. The lowest BCUT2D eigenvalue weighted by Crippen LogP contribution is -2.04. The predicted octanol–water partition coefficient (Wildman–Crippen LogP) is 3.60. The highest BCUT2D eigenvalue weighted by Gasteiger charge is 2.07. The number of benzene rings is 2. The van der Waals surface area contributed by atoms with E-state index in [4.69, 9.17) is 9.47 Å². The number of hydrogen-bond donors (Lipinski definition) is 0. The predicted molar refractivity (Wildman–Crippen MR) is 93.3 cm³/mol. The number of aromatic nitrogens is 3. The molecule has 0 fully saturated rings. The molecule has 0 aliphatic carbocycles. The summed E-state index contributed by atoms with van der Waals surface area (Å²) in [6, 6.07) is 16.2. The molecule has 0 aliphatic rings. The molecule has 1 heterocycles. The zero-order valence-corrected chi connectivity index (χ0v) is 14.0. The summed E-state index contributed by atoms with van der Waals surface area (Å²) in [6.45, 7) is 0.818. The van der Waals surface area contributed by atoms with Crippen LogP contribution in [0.5, 0.6) is 11.5 Å². The van der Waals surface area contributed by atoms with Crippen molar-refractivity contribution in [1.82, 2.24) is 15.0 Å². The molecular weight excluding hydrogens is 302 g/mol. The SMILES string of the molecule is COc1ccc(CCCn2nncc2-c2ccccc2)cc1OC. The Kier molecular flexibility index (Phi) is 5.11. The molecule has 3 aromatic rings. The van der Waals surface area contributed by atoms with Crippen LogP contribution in [0, 0.1) is 0 Å². The lowest BCUT2D eigenvalue weighted by atomic mass is 10.1. The highest BCUT2D eigenvalue weighted by molar-refractivity contribution is 5.57. The van der Waals surface area contributed by atoms with E-state index in [1.54, 1.807) is 14.2 Å². The molecule has 0 spiro atoms. The van der Waals surface area contributed by atoms with Crippen LogP contribution in [-0.4, -0.2) is 29.2 Å². The third-order valence-corrected chi connectivity index (χ3v) is 3.97. The minimum atomic E-state index is 0.754. The molecule has 0 unspecified atom stereocenters. The minimum absolute atomic E-state index is 0.754. The molecule has 0 aliphatic heterocycles. The van der Waals surface area contributed by atoms with E-state index in [2.05, 4.69) is 28.5 Å². The van der Waals surface area contributed by atoms with Crippen molar-refractivity contribution in [3.63, 3.8) is 0 Å². The van der Waals surface area contributed by atoms with Crippen molar-refractivity contribution < 1.29 is 9.47 Å². The van der Waals surface area contributed by atoms with Gasteiger partial charge in [-0.15, -0.1) is 5.10 Å². The highest BCUT2D eigenvalue weighted by Crippen LogP contribution is 2.28. The van der Waals surface area contributed by atoms with Gasteiger partial charge in [0.25, 0.3) is 0 Å². The average molecular weight is 323 g/mol. The first kappa shape index (κ1) is 16.1. The van der Waals surface area contributed by atoms with E-state index in [1.807, 2.05) is 41.2 Å². The maximum atomic E-state index is 5.35. The average Bonchev–Trinajstić information content (AvgIpc) is 3.11. The summed E-state index contributed by atoms with van der Waals surface area (Å²) < 4.78 is 12.6. The van der Waals surface area contributed by atoms with Crippen molar-refractivity contribution in [2.45, 2.75) is 19.4 Å². The highest BCUT2D eigenvalue weighted by atomic mass is 16.5. The fraction of sp³-hybridized carbons (Fsp3) is 0.263. The van der Waals surface area contributed by atoms with E-state index in [9.17, 15) is 0 Å². The Labute approximate surface area is 141 Å². The lowest BCUT2D eigenvalue weighted by Gasteiger charge is -2.10. The Bertz CT molecular complexity index is 784. The summed E-state index contributed by atoms with van der Waals surface area (Å²) in [5.41, 5.74) is 3.39. The fourth-order valence-corrected chi connectivity index (χ4v) is 2.72. The van der Waals surface area contributed by atoms with Crippen LogP contribution in [0.4, 0.5) is 0 Å². The molecule has 2 aromatic carbocycles. The molecule has 0 N–H and O–H groups in total. The second-order valence-electron chi connectivity index (χ2n) is 5.50. The van der Waals surface area contributed by atoms with Crippen molar-refractivity contribution in [3.8, 4) is 22.8 Å². The number of aryl methyl sites for hydroxylation is 2. The van der Waals surface area contributed by atoms with Gasteiger partial charge in [0.1, 0.15) is 0 Å². The normalized spacial score (nSPS) is 10.6. The minimum Gasteiger partial charge on any atom is -0.493 e. The standard InChI is InChI=1S/C19H21N3O2/c1-23-18-11-10-15(13-19(18)24-2)7-6-12-22-17(14-20-21-22)16-8-4-3-5-9-16/h3-5,8-11,13-14H,6-7,12H2,1-2H3. The van der Waals surface area contributed by atoms with Gasteiger partial charge in [-0.25, -0.2) is 4.68 Å². The molecule has 0 atom stereocenters. The molecule has 5 heteroatoms. The van der Waals surface area contributed by atoms with Gasteiger partial charge >= 0.3 is 0 Å². The summed E-state index contributed by atoms with van der Waals surface area (Å²) >= 11 is 0. The first-order chi connectivity index (χ1) is 11.8. The van der Waals surface area contributed by atoms with Gasteiger partial charge in [-0.3, -0.25) is 0 Å². The molecule has 5 nitrogen and oxygen atoms in total. The van der Waals surface area contributed by atoms with E-state index < -0.39 is 0 Å². The number of ether oxygens (including phenoxy) is 2. The van der Waals surface area contributed by atoms with Crippen LogP contribution in [0.25, 0.3) is 11.3 Å². The molecule has 0 radical (unpaired) electrons. The zero-order valence-electron chi connectivity index (χ0n) is 14.0. The van der Waals surface area contributed by atoms with Gasteiger partial charge in [-0.05, 0) is 30.5 Å². The van der Waals surface area contributed by atoms with Gasteiger partial charge in [-0.1, -0.05) is 41.6 Å². The molecule has 1 aromatic heterocycles. The van der Waals surface area contributed by atoms with Gasteiger partial charge in [0, 0.05) is 12.1 Å². The van der Waals surface area contributed by atoms with Gasteiger partial charge in [0.15, 0.2) is 11.5 Å². The second kappa shape index (κ2) is 7.64. The Morgan fingerprint density at radius 3 is 2.50 bits per heavy atom. The van der Waals surface area contributed by atoms with E-state index in [0.717, 1.165) is 42.1 Å². The van der Waals surface area contributed by atoms with Crippen LogP contribution >= 0.6 is 0 Å². The van der Waals surface area contributed by atoms with Crippen LogP contribution in [0.15, 0.2) is 54.7 Å². The molecule has 0 saturated heterocycles. The lowest BCUT2D eigenvalue weighted by molar-refractivity contribution is 0.354. The van der Waals surface area contributed by atoms with E-state index in [0.29, 0.717) is 0 Å². The molecule has 0 amide bonds. The third kappa shape index (κ3) is 3.56. The number of nitrogens with zero attached hydrogens (tertiary/aromatic N) is 3. The first-order valence-corrected chi connectivity index (χ1v) is 7.96. The maximum absolute atomic E-state index is 5.35. The Morgan fingerprint density at radius 1 is 0.958 bits per heavy atom. The van der Waals surface area contributed by atoms with Crippen LogP contribution in [-0.2, 0) is 13.0 Å². The number of hydrogen-bond acceptors (Lipinski definition) is 4. The van der Waals surface area contributed by atoms with Crippen LogP contribution in [0.1, 0.15) is 12.0 Å². The number of methoxy groups -OCH3 is 2. The van der Waals surface area contributed by atoms with Crippen molar-refractivity contribution in [2.75, 3.05) is 14.2 Å². The van der Waals surface area contributed by atoms with E-state index in [-0.39, 0.29) is 0 Å². The quantitative estimate of drug-likeness (QED) is 0.666. The van der Waals surface area contributed by atoms with E-state index in [1.165, 1.54) is 5.56 Å². The third-order valence-electron chi connectivity index (χ3n) is 3.97. The Hall–Kier alpha value is -2.82. The van der Waals surface area contributed by atoms with Gasteiger partial charge < -0.3 is 9.47 Å². The van der Waals surface area contributed by atoms with Crippen LogP contribution in [0.3, 0.4) is 0 Å². The molecule has 0 saturated carbocycles. The summed E-state index contributed by atoms with van der Waals surface area (Å²) in [6.07, 6.45) is 3.72. The van der Waals surface area contributed by atoms with Crippen molar-refractivity contribution in [1.29, 1.82) is 0 Å². The van der Waals surface area contributed by atoms with Crippen molar-refractivity contribution >= 4 is 0 Å². The van der Waals surface area contributed by atoms with Crippen molar-refractivity contribution in [2.24, 2.45) is 0 Å². The maximum Gasteiger partial charge on any atom is 0.160 e. The smallest absolute Gasteiger partial charge is 0.160 e. The molecule has 3 rings (SSSR count). The monoisotopic (exact) mass is 323 g/mol. The fourth-order valence-electron chi connectivity index (χ4n) is 2.72. The summed E-state index contributed by atoms with van der Waals surface area (Å²) in [5.74, 6) is 1.52. The first-order valence-electron chi connectivity index (χ1n) is 7.96. The van der Waals surface area contributed by atoms with Crippen LogP contribution in [0.2, 0.25) is 0 Å². The molecule has 24 heavy (non-hydrogen) atoms. The summed E-state index contributed by atoms with van der Waals surface area (Å²) in [4.78, 5) is 0. The largest absolute Gasteiger partial charge is 0.493 e. The summed E-state index contributed by atoms with van der Waals surface area (Å²) in [5, 5.41) is 8.26. The van der Waals surface area contributed by atoms with Crippen molar-refractivity contribution in [3.05, 3.63) is 60.3 Å². The van der Waals surface area contributed by atoms with Crippen LogP contribution < -0.4 is 9.47 Å². The van der Waals surface area contributed by atoms with Gasteiger partial charge in [-0.2, -0.15) is 0 Å². The molecule has 124 valence electrons. The Balaban J connectivity index is 1.65. The Morgan fingerprint density at radius 2 is 1.75 bits per heavy atom. The topological polar surface area (TPSA) is 49.2 Å². The molecule has 0 bridgehead atoms.